The third-order valence-electron chi connectivity index (χ3n) is 4.86. The van der Waals surface area contributed by atoms with Gasteiger partial charge in [0.1, 0.15) is 5.69 Å². The maximum absolute atomic E-state index is 11.8. The molecule has 4 rings (SSSR count). The maximum Gasteiger partial charge on any atom is 0.227 e. The van der Waals surface area contributed by atoms with Crippen LogP contribution < -0.4 is 0 Å². The van der Waals surface area contributed by atoms with Crippen LogP contribution in [0.25, 0.3) is 34.0 Å². The van der Waals surface area contributed by atoms with Crippen molar-refractivity contribution in [2.75, 3.05) is 13.3 Å². The zero-order chi connectivity index (χ0) is 24.5. The first-order valence-electron chi connectivity index (χ1n) is 9.94. The molecular weight excluding hydrogens is 512 g/mol. The summed E-state index contributed by atoms with van der Waals surface area (Å²) in [4.78, 5) is 5.82. The molecule has 1 heterocycles. The van der Waals surface area contributed by atoms with Crippen LogP contribution in [-0.2, 0) is 9.84 Å². The average molecular weight is 531 g/mol. The van der Waals surface area contributed by atoms with E-state index in [2.05, 4.69) is 0 Å². The van der Waals surface area contributed by atoms with Crippen LogP contribution in [0.1, 0.15) is 0 Å². The number of thioether (sulfide) groups is 1. The van der Waals surface area contributed by atoms with Gasteiger partial charge in [0.25, 0.3) is 0 Å². The smallest absolute Gasteiger partial charge is 0.227 e. The summed E-state index contributed by atoms with van der Waals surface area (Å²) in [5.74, 6) is 0.950. The Morgan fingerprint density at radius 1 is 0.971 bits per heavy atom. The molecule has 0 fully saturated rings. The van der Waals surface area contributed by atoms with E-state index in [0.717, 1.165) is 26.6 Å². The van der Waals surface area contributed by atoms with Crippen molar-refractivity contribution in [2.24, 2.45) is 0 Å². The van der Waals surface area contributed by atoms with Gasteiger partial charge in [-0.15, -0.1) is 0 Å². The average Bonchev–Trinajstić information content (AvgIpc) is 3.25. The number of hydrogen-bond acceptors (Lipinski definition) is 7. The summed E-state index contributed by atoms with van der Waals surface area (Å²) in [6.45, 7) is 0. The molecule has 3 aromatic carbocycles. The number of thiocarbonyl (C=S) groups is 1. The molecule has 0 saturated heterocycles. The van der Waals surface area contributed by atoms with E-state index in [1.165, 1.54) is 25.1 Å². The van der Waals surface area contributed by atoms with Gasteiger partial charge >= 0.3 is 0 Å². The third kappa shape index (κ3) is 5.51. The Labute approximate surface area is 212 Å². The number of nitrogens with zero attached hydrogens (tertiary/aromatic N) is 2. The quantitative estimate of drug-likeness (QED) is 0.179. The number of aromatic nitrogens is 1. The van der Waals surface area contributed by atoms with E-state index < -0.39 is 9.84 Å². The van der Waals surface area contributed by atoms with Crippen LogP contribution in [-0.4, -0.2) is 41.3 Å². The normalized spacial score (nSPS) is 11.4. The van der Waals surface area contributed by atoms with Crippen LogP contribution in [0.2, 0.25) is 5.02 Å². The number of halogens is 1. The largest absolute Gasteiger partial charge is 0.435 e. The van der Waals surface area contributed by atoms with E-state index in [1.807, 2.05) is 36.4 Å². The molecule has 6 nitrogen and oxygen atoms in total. The van der Waals surface area contributed by atoms with Gasteiger partial charge in [-0.3, -0.25) is 5.21 Å². The minimum Gasteiger partial charge on any atom is -0.435 e. The van der Waals surface area contributed by atoms with Gasteiger partial charge in [0, 0.05) is 39.9 Å². The zero-order valence-corrected chi connectivity index (χ0v) is 21.3. The molecule has 0 atom stereocenters. The predicted octanol–water partition coefficient (Wildman–Crippen LogP) is 6.43. The number of hydroxylamine groups is 2. The molecule has 10 heteroatoms. The monoisotopic (exact) mass is 530 g/mol. The number of oxazole rings is 1. The first-order chi connectivity index (χ1) is 16.1. The SMILES string of the molecule is CN(O)C(=S)Sc1ccc(-c2nc(-c3ccc(S(C)(=O)=O)cc3)c(-c3ccc(Cl)cc3)o2)cc1. The van der Waals surface area contributed by atoms with Crippen LogP contribution in [0, 0.1) is 0 Å². The summed E-state index contributed by atoms with van der Waals surface area (Å²) in [6.07, 6.45) is 1.17. The topological polar surface area (TPSA) is 83.6 Å². The molecule has 0 bridgehead atoms. The maximum atomic E-state index is 11.8. The van der Waals surface area contributed by atoms with Crippen LogP contribution in [0.15, 0.2) is 87.0 Å². The Hall–Kier alpha value is -2.69. The fourth-order valence-corrected chi connectivity index (χ4v) is 4.78. The minimum absolute atomic E-state index is 0.229. The van der Waals surface area contributed by atoms with E-state index in [4.69, 9.17) is 33.2 Å². The molecule has 4 aromatic rings. The van der Waals surface area contributed by atoms with E-state index in [9.17, 15) is 13.6 Å². The number of benzene rings is 3. The Balaban J connectivity index is 1.75. The van der Waals surface area contributed by atoms with Crippen molar-refractivity contribution in [3.63, 3.8) is 0 Å². The van der Waals surface area contributed by atoms with Gasteiger partial charge in [-0.05, 0) is 60.7 Å². The molecule has 0 amide bonds. The molecule has 0 aliphatic rings. The summed E-state index contributed by atoms with van der Waals surface area (Å²) in [7, 11) is -1.84. The molecule has 1 aromatic heterocycles. The Morgan fingerprint density at radius 3 is 2.09 bits per heavy atom. The molecule has 1 N–H and O–H groups in total. The summed E-state index contributed by atoms with van der Waals surface area (Å²) >= 11 is 12.4. The van der Waals surface area contributed by atoms with Gasteiger partial charge in [-0.1, -0.05) is 47.7 Å². The summed E-state index contributed by atoms with van der Waals surface area (Å²) in [5, 5.41) is 10.9. The third-order valence-corrected chi connectivity index (χ3v) is 7.70. The summed E-state index contributed by atoms with van der Waals surface area (Å²) in [6, 6.07) is 21.2. The number of rotatable bonds is 5. The Kier molecular flexibility index (Phi) is 7.11. The van der Waals surface area contributed by atoms with Crippen molar-refractivity contribution in [3.05, 3.63) is 77.8 Å². The second-order valence-corrected chi connectivity index (χ2v) is 11.6. The van der Waals surface area contributed by atoms with Crippen molar-refractivity contribution < 1.29 is 18.0 Å². The van der Waals surface area contributed by atoms with Crippen LogP contribution >= 0.6 is 35.6 Å². The zero-order valence-electron chi connectivity index (χ0n) is 18.1. The van der Waals surface area contributed by atoms with Crippen LogP contribution in [0.3, 0.4) is 0 Å². The van der Waals surface area contributed by atoms with Gasteiger partial charge in [0.05, 0.1) is 4.90 Å². The first kappa shape index (κ1) is 24.4. The molecule has 174 valence electrons. The lowest BCUT2D eigenvalue weighted by atomic mass is 10.1. The highest BCUT2D eigenvalue weighted by molar-refractivity contribution is 8.22. The van der Waals surface area contributed by atoms with Crippen LogP contribution in [0.4, 0.5) is 0 Å². The van der Waals surface area contributed by atoms with Gasteiger partial charge in [-0.25, -0.2) is 18.5 Å². The molecule has 0 saturated carbocycles. The lowest BCUT2D eigenvalue weighted by Crippen LogP contribution is -2.16. The molecular formula is C24H19ClN2O4S3. The second-order valence-electron chi connectivity index (χ2n) is 7.42. The molecule has 0 unspecified atom stereocenters. The van der Waals surface area contributed by atoms with E-state index in [-0.39, 0.29) is 4.90 Å². The van der Waals surface area contributed by atoms with E-state index in [0.29, 0.717) is 26.7 Å². The molecule has 0 radical (unpaired) electrons. The molecule has 34 heavy (non-hydrogen) atoms. The highest BCUT2D eigenvalue weighted by Gasteiger charge is 2.19. The highest BCUT2D eigenvalue weighted by Crippen LogP contribution is 2.37. The van der Waals surface area contributed by atoms with Crippen molar-refractivity contribution in [3.8, 4) is 34.0 Å². The van der Waals surface area contributed by atoms with Crippen molar-refractivity contribution >= 4 is 49.7 Å². The fraction of sp³-hybridized carbons (Fsp3) is 0.0833. The van der Waals surface area contributed by atoms with Crippen molar-refractivity contribution in [2.45, 2.75) is 9.79 Å². The van der Waals surface area contributed by atoms with E-state index >= 15 is 0 Å². The fourth-order valence-electron chi connectivity index (χ4n) is 3.13. The molecule has 0 spiro atoms. The number of hydrogen-bond donors (Lipinski definition) is 1. The standard InChI is InChI=1S/C24H19ClN2O4S3/c1-27(28)24(32)33-19-11-5-17(6-12-19)23-26-21(15-7-13-20(14-8-15)34(2,29)30)22(31-23)16-3-9-18(25)10-4-16/h3-14,28H,1-2H3. The Bertz CT molecular complexity index is 1430. The predicted molar refractivity (Wildman–Crippen MR) is 139 cm³/mol. The summed E-state index contributed by atoms with van der Waals surface area (Å²) in [5.41, 5.74) is 2.84. The van der Waals surface area contributed by atoms with Gasteiger partial charge in [0.2, 0.25) is 5.89 Å². The summed E-state index contributed by atoms with van der Waals surface area (Å²) < 4.78 is 30.2. The molecule has 0 aliphatic heterocycles. The lowest BCUT2D eigenvalue weighted by molar-refractivity contribution is 0.0205. The van der Waals surface area contributed by atoms with Gasteiger partial charge in [0.15, 0.2) is 19.9 Å². The van der Waals surface area contributed by atoms with Crippen LogP contribution in [0.5, 0.6) is 0 Å². The molecule has 0 aliphatic carbocycles. The highest BCUT2D eigenvalue weighted by atomic mass is 35.5. The number of sulfone groups is 1. The minimum atomic E-state index is -3.31. The lowest BCUT2D eigenvalue weighted by Gasteiger charge is -2.10. The van der Waals surface area contributed by atoms with Gasteiger partial charge < -0.3 is 4.42 Å². The first-order valence-corrected chi connectivity index (χ1v) is 13.4. The van der Waals surface area contributed by atoms with Gasteiger partial charge in [-0.2, -0.15) is 0 Å². The Morgan fingerprint density at radius 2 is 1.53 bits per heavy atom. The van der Waals surface area contributed by atoms with Crippen molar-refractivity contribution in [1.82, 2.24) is 10.0 Å². The van der Waals surface area contributed by atoms with Crippen molar-refractivity contribution in [1.29, 1.82) is 0 Å². The van der Waals surface area contributed by atoms with E-state index in [1.54, 1.807) is 36.4 Å². The second kappa shape index (κ2) is 9.89.